The van der Waals surface area contributed by atoms with Gasteiger partial charge in [0.15, 0.2) is 0 Å². The van der Waals surface area contributed by atoms with Crippen molar-refractivity contribution in [3.63, 3.8) is 0 Å². The summed E-state index contributed by atoms with van der Waals surface area (Å²) in [7, 11) is 0. The van der Waals surface area contributed by atoms with Crippen LogP contribution in [0, 0.1) is 0 Å². The Kier molecular flexibility index (Phi) is 3.51. The molecular weight excluding hydrogens is 320 g/mol. The van der Waals surface area contributed by atoms with Gasteiger partial charge in [0.1, 0.15) is 5.75 Å². The third-order valence-corrected chi connectivity index (χ3v) is 2.30. The molecule has 0 bridgehead atoms. The maximum Gasteiger partial charge on any atom is 0.573 e. The van der Waals surface area contributed by atoms with E-state index < -0.39 is 29.5 Å². The van der Waals surface area contributed by atoms with Crippen LogP contribution in [0.2, 0.25) is 0 Å². The summed E-state index contributed by atoms with van der Waals surface area (Å²) in [6, 6.07) is 0.894. The summed E-state index contributed by atoms with van der Waals surface area (Å²) >= 11 is 2.62. The Bertz CT molecular complexity index is 427. The molecule has 0 unspecified atom stereocenters. The summed E-state index contributed by atoms with van der Waals surface area (Å²) in [5.74, 6) is -0.995. The smallest absolute Gasteiger partial charge is 0.406 e. The van der Waals surface area contributed by atoms with Crippen molar-refractivity contribution < 1.29 is 31.1 Å². The molecule has 9 heteroatoms. The van der Waals surface area contributed by atoms with Crippen LogP contribution in [-0.4, -0.2) is 6.36 Å². The van der Waals surface area contributed by atoms with Crippen LogP contribution in [0.4, 0.5) is 32.0 Å². The molecule has 1 rings (SSSR count). The van der Waals surface area contributed by atoms with Crippen LogP contribution in [-0.2, 0) is 6.18 Å². The molecular formula is C8H4BrF6NO. The first-order valence-electron chi connectivity index (χ1n) is 3.92. The molecule has 0 fully saturated rings. The molecule has 0 radical (unpaired) electrons. The molecule has 1 aromatic carbocycles. The molecule has 2 nitrogen and oxygen atoms in total. The molecule has 0 aliphatic heterocycles. The van der Waals surface area contributed by atoms with Crippen LogP contribution in [0.3, 0.4) is 0 Å². The van der Waals surface area contributed by atoms with Gasteiger partial charge in [0, 0.05) is 4.47 Å². The second kappa shape index (κ2) is 4.28. The zero-order chi connectivity index (χ0) is 13.4. The Hall–Kier alpha value is -1.12. The quantitative estimate of drug-likeness (QED) is 0.627. The fraction of sp³-hybridized carbons (Fsp3) is 0.250. The summed E-state index contributed by atoms with van der Waals surface area (Å²) in [5.41, 5.74) is 3.00. The second-order valence-electron chi connectivity index (χ2n) is 2.91. The van der Waals surface area contributed by atoms with Crippen molar-refractivity contribution in [2.24, 2.45) is 0 Å². The minimum atomic E-state index is -5.07. The molecule has 96 valence electrons. The van der Waals surface area contributed by atoms with Crippen LogP contribution >= 0.6 is 15.9 Å². The highest BCUT2D eigenvalue weighted by Crippen LogP contribution is 2.40. The fourth-order valence-corrected chi connectivity index (χ4v) is 1.46. The van der Waals surface area contributed by atoms with Gasteiger partial charge < -0.3 is 10.5 Å². The van der Waals surface area contributed by atoms with Crippen molar-refractivity contribution in [2.45, 2.75) is 12.5 Å². The van der Waals surface area contributed by atoms with Crippen molar-refractivity contribution in [1.29, 1.82) is 0 Å². The lowest BCUT2D eigenvalue weighted by atomic mass is 10.1. The standard InChI is InChI=1S/C8H4BrF6NO/c9-5-2-3(17-8(13,14)15)1-4(6(5)16)7(10,11)12/h1-2H,16H2. The predicted octanol–water partition coefficient (Wildman–Crippen LogP) is 3.95. The SMILES string of the molecule is Nc1c(Br)cc(OC(F)(F)F)cc1C(F)(F)F. The minimum Gasteiger partial charge on any atom is -0.406 e. The molecule has 0 aromatic heterocycles. The highest BCUT2D eigenvalue weighted by atomic mass is 79.9. The summed E-state index contributed by atoms with van der Waals surface area (Å²) in [6.45, 7) is 0. The zero-order valence-electron chi connectivity index (χ0n) is 7.79. The zero-order valence-corrected chi connectivity index (χ0v) is 9.37. The lowest BCUT2D eigenvalue weighted by Crippen LogP contribution is -2.18. The number of hydrogen-bond donors (Lipinski definition) is 1. The number of hydrogen-bond acceptors (Lipinski definition) is 2. The highest BCUT2D eigenvalue weighted by Gasteiger charge is 2.36. The first-order chi connectivity index (χ1) is 7.50. The largest absolute Gasteiger partial charge is 0.573 e. The number of nitrogens with two attached hydrogens (primary N) is 1. The van der Waals surface area contributed by atoms with Crippen LogP contribution in [0.5, 0.6) is 5.75 Å². The topological polar surface area (TPSA) is 35.2 Å². The van der Waals surface area contributed by atoms with Crippen molar-refractivity contribution in [3.05, 3.63) is 22.2 Å². The summed E-state index contributed by atoms with van der Waals surface area (Å²) in [4.78, 5) is 0. The molecule has 0 amide bonds. The summed E-state index contributed by atoms with van der Waals surface area (Å²) in [5, 5.41) is 0. The van der Waals surface area contributed by atoms with Gasteiger partial charge in [0.25, 0.3) is 0 Å². The lowest BCUT2D eigenvalue weighted by Gasteiger charge is -2.15. The van der Waals surface area contributed by atoms with Gasteiger partial charge in [0.05, 0.1) is 11.3 Å². The summed E-state index contributed by atoms with van der Waals surface area (Å²) in [6.07, 6.45) is -9.93. The molecule has 2 N–H and O–H groups in total. The van der Waals surface area contributed by atoms with Gasteiger partial charge in [-0.05, 0) is 28.1 Å². The normalized spacial score (nSPS) is 12.6. The van der Waals surface area contributed by atoms with E-state index in [0.717, 1.165) is 0 Å². The number of halogens is 7. The van der Waals surface area contributed by atoms with E-state index in [2.05, 4.69) is 20.7 Å². The molecule has 0 aliphatic carbocycles. The molecule has 0 atom stereocenters. The van der Waals surface area contributed by atoms with Crippen molar-refractivity contribution in [2.75, 3.05) is 5.73 Å². The number of rotatable bonds is 1. The van der Waals surface area contributed by atoms with E-state index in [9.17, 15) is 26.3 Å². The molecule has 0 spiro atoms. The molecule has 0 saturated heterocycles. The van der Waals surface area contributed by atoms with Crippen LogP contribution in [0.1, 0.15) is 5.56 Å². The molecule has 0 aliphatic rings. The van der Waals surface area contributed by atoms with Crippen molar-refractivity contribution in [1.82, 2.24) is 0 Å². The molecule has 0 saturated carbocycles. The third kappa shape index (κ3) is 3.69. The third-order valence-electron chi connectivity index (χ3n) is 1.64. The van der Waals surface area contributed by atoms with E-state index in [4.69, 9.17) is 5.73 Å². The average Bonchev–Trinajstić information content (AvgIpc) is 2.06. The maximum atomic E-state index is 12.4. The van der Waals surface area contributed by atoms with Gasteiger partial charge in [-0.1, -0.05) is 0 Å². The lowest BCUT2D eigenvalue weighted by molar-refractivity contribution is -0.274. The van der Waals surface area contributed by atoms with Gasteiger partial charge in [0.2, 0.25) is 0 Å². The van der Waals surface area contributed by atoms with Gasteiger partial charge >= 0.3 is 12.5 Å². The van der Waals surface area contributed by atoms with Crippen molar-refractivity contribution in [3.8, 4) is 5.75 Å². The van der Waals surface area contributed by atoms with E-state index in [1.165, 1.54) is 0 Å². The number of alkyl halides is 6. The van der Waals surface area contributed by atoms with E-state index >= 15 is 0 Å². The average molecular weight is 324 g/mol. The van der Waals surface area contributed by atoms with Gasteiger partial charge in [-0.25, -0.2) is 0 Å². The molecule has 1 aromatic rings. The van der Waals surface area contributed by atoms with Gasteiger partial charge in [-0.3, -0.25) is 0 Å². The van der Waals surface area contributed by atoms with Crippen LogP contribution < -0.4 is 10.5 Å². The molecule has 17 heavy (non-hydrogen) atoms. The Morgan fingerprint density at radius 3 is 2.00 bits per heavy atom. The van der Waals surface area contributed by atoms with Gasteiger partial charge in [-0.15, -0.1) is 13.2 Å². The Morgan fingerprint density at radius 2 is 1.59 bits per heavy atom. The monoisotopic (exact) mass is 323 g/mol. The Morgan fingerprint density at radius 1 is 1.06 bits per heavy atom. The maximum absolute atomic E-state index is 12.4. The Balaban J connectivity index is 3.25. The fourth-order valence-electron chi connectivity index (χ4n) is 1.02. The number of benzene rings is 1. The minimum absolute atomic E-state index is 0.188. The van der Waals surface area contributed by atoms with Crippen molar-refractivity contribution >= 4 is 21.6 Å². The predicted molar refractivity (Wildman–Crippen MR) is 50.2 cm³/mol. The number of anilines is 1. The van der Waals surface area contributed by atoms with Gasteiger partial charge in [-0.2, -0.15) is 13.2 Å². The summed E-state index contributed by atoms with van der Waals surface area (Å²) < 4.78 is 75.8. The highest BCUT2D eigenvalue weighted by molar-refractivity contribution is 9.10. The Labute approximate surface area is 99.5 Å². The van der Waals surface area contributed by atoms with E-state index in [-0.39, 0.29) is 10.5 Å². The van der Waals surface area contributed by atoms with E-state index in [1.807, 2.05) is 0 Å². The van der Waals surface area contributed by atoms with E-state index in [1.54, 1.807) is 0 Å². The first-order valence-corrected chi connectivity index (χ1v) is 4.72. The first kappa shape index (κ1) is 13.9. The second-order valence-corrected chi connectivity index (χ2v) is 3.77. The van der Waals surface area contributed by atoms with Crippen LogP contribution in [0.15, 0.2) is 16.6 Å². The molecule has 0 heterocycles. The number of nitrogen functional groups attached to an aromatic ring is 1. The number of ether oxygens (including phenoxy) is 1. The van der Waals surface area contributed by atoms with E-state index in [0.29, 0.717) is 6.07 Å². The van der Waals surface area contributed by atoms with Crippen LogP contribution in [0.25, 0.3) is 0 Å².